The lowest BCUT2D eigenvalue weighted by Crippen LogP contribution is -2.26. The molecule has 21 heavy (non-hydrogen) atoms. The maximum Gasteiger partial charge on any atom is 0.242 e. The van der Waals surface area contributed by atoms with Crippen molar-refractivity contribution in [3.8, 4) is 0 Å². The lowest BCUT2D eigenvalue weighted by atomic mass is 10.1. The molecule has 118 valence electrons. The Morgan fingerprint density at radius 3 is 2.81 bits per heavy atom. The molecule has 0 bridgehead atoms. The quantitative estimate of drug-likeness (QED) is 0.686. The van der Waals surface area contributed by atoms with Gasteiger partial charge in [-0.2, -0.15) is 0 Å². The van der Waals surface area contributed by atoms with Crippen LogP contribution in [-0.4, -0.2) is 34.1 Å². The van der Waals surface area contributed by atoms with Crippen molar-refractivity contribution in [2.75, 3.05) is 25.0 Å². The minimum atomic E-state index is -3.43. The van der Waals surface area contributed by atoms with Gasteiger partial charge in [-0.3, -0.25) is 0 Å². The van der Waals surface area contributed by atoms with Crippen molar-refractivity contribution in [1.29, 1.82) is 0 Å². The van der Waals surface area contributed by atoms with Gasteiger partial charge in [0.05, 0.1) is 5.69 Å². The van der Waals surface area contributed by atoms with Crippen molar-refractivity contribution in [3.05, 3.63) is 24.3 Å². The second-order valence-corrected chi connectivity index (χ2v) is 7.14. The molecule has 0 aromatic heterocycles. The van der Waals surface area contributed by atoms with Crippen molar-refractivity contribution in [1.82, 2.24) is 10.0 Å². The van der Waals surface area contributed by atoms with Crippen LogP contribution in [0.4, 0.5) is 5.69 Å². The Hall–Kier alpha value is -1.11. The highest BCUT2D eigenvalue weighted by molar-refractivity contribution is 7.89. The molecule has 1 atom stereocenters. The van der Waals surface area contributed by atoms with Gasteiger partial charge in [-0.1, -0.05) is 19.1 Å². The Bertz CT molecular complexity index is 540. The molecule has 1 saturated heterocycles. The molecule has 1 aromatic carbocycles. The molecule has 0 radical (unpaired) electrons. The molecule has 0 amide bonds. The van der Waals surface area contributed by atoms with Gasteiger partial charge in [0.1, 0.15) is 4.90 Å². The maximum absolute atomic E-state index is 12.3. The van der Waals surface area contributed by atoms with Crippen LogP contribution in [0.5, 0.6) is 0 Å². The zero-order chi connectivity index (χ0) is 15.1. The first-order chi connectivity index (χ1) is 10.1. The van der Waals surface area contributed by atoms with Gasteiger partial charge in [0.2, 0.25) is 10.0 Å². The average Bonchev–Trinajstić information content (AvgIpc) is 2.99. The summed E-state index contributed by atoms with van der Waals surface area (Å²) in [7, 11) is -3.43. The summed E-state index contributed by atoms with van der Waals surface area (Å²) in [4.78, 5) is 0.331. The molecular weight excluding hydrogens is 286 g/mol. The van der Waals surface area contributed by atoms with Gasteiger partial charge >= 0.3 is 0 Å². The zero-order valence-electron chi connectivity index (χ0n) is 12.6. The van der Waals surface area contributed by atoms with Crippen LogP contribution in [0.3, 0.4) is 0 Å². The highest BCUT2D eigenvalue weighted by Gasteiger charge is 2.18. The summed E-state index contributed by atoms with van der Waals surface area (Å²) in [6.45, 7) is 4.28. The Labute approximate surface area is 127 Å². The predicted octanol–water partition coefficient (Wildman–Crippen LogP) is 1.93. The topological polar surface area (TPSA) is 70.2 Å². The van der Waals surface area contributed by atoms with E-state index in [2.05, 4.69) is 15.4 Å². The third-order valence-corrected chi connectivity index (χ3v) is 5.21. The molecule has 0 unspecified atom stereocenters. The molecule has 1 aliphatic heterocycles. The number of sulfonamides is 1. The van der Waals surface area contributed by atoms with E-state index in [9.17, 15) is 8.42 Å². The van der Waals surface area contributed by atoms with Crippen LogP contribution in [0.25, 0.3) is 0 Å². The number of nitrogens with one attached hydrogen (secondary N) is 3. The van der Waals surface area contributed by atoms with E-state index >= 15 is 0 Å². The molecule has 1 aromatic rings. The van der Waals surface area contributed by atoms with Gasteiger partial charge in [0.15, 0.2) is 0 Å². The molecule has 1 heterocycles. The molecule has 2 rings (SSSR count). The number of para-hydroxylation sites is 1. The minimum absolute atomic E-state index is 0.331. The van der Waals surface area contributed by atoms with E-state index < -0.39 is 10.0 Å². The number of hydrogen-bond donors (Lipinski definition) is 3. The van der Waals surface area contributed by atoms with Crippen molar-refractivity contribution >= 4 is 15.7 Å². The summed E-state index contributed by atoms with van der Waals surface area (Å²) in [5, 5.41) is 6.71. The van der Waals surface area contributed by atoms with Crippen LogP contribution in [0.15, 0.2) is 29.2 Å². The van der Waals surface area contributed by atoms with E-state index in [0.29, 0.717) is 23.2 Å². The molecule has 5 nitrogen and oxygen atoms in total. The molecule has 0 saturated carbocycles. The Balaban J connectivity index is 1.99. The first kappa shape index (κ1) is 16.3. The van der Waals surface area contributed by atoms with Crippen LogP contribution in [0, 0.1) is 0 Å². The van der Waals surface area contributed by atoms with E-state index in [1.165, 1.54) is 12.8 Å². The fourth-order valence-corrected chi connectivity index (χ4v) is 3.86. The predicted molar refractivity (Wildman–Crippen MR) is 86.1 cm³/mol. The van der Waals surface area contributed by atoms with E-state index in [4.69, 9.17) is 0 Å². The fraction of sp³-hybridized carbons (Fsp3) is 0.600. The molecule has 1 aliphatic rings. The monoisotopic (exact) mass is 311 g/mol. The Morgan fingerprint density at radius 1 is 1.29 bits per heavy atom. The summed E-state index contributed by atoms with van der Waals surface area (Å²) in [5.74, 6) is 0. The zero-order valence-corrected chi connectivity index (χ0v) is 13.4. The standard InChI is InChI=1S/C15H25N3O2S/c1-2-10-18-21(19,20)15-8-4-3-7-14(15)17-12-9-13-6-5-11-16-13/h3-4,7-8,13,16-18H,2,5-6,9-12H2,1H3/t13-/m0/s1. The highest BCUT2D eigenvalue weighted by Crippen LogP contribution is 2.21. The summed E-state index contributed by atoms with van der Waals surface area (Å²) < 4.78 is 27.2. The molecule has 0 aliphatic carbocycles. The van der Waals surface area contributed by atoms with Crippen LogP contribution in [0.2, 0.25) is 0 Å². The SMILES string of the molecule is CCCNS(=O)(=O)c1ccccc1NCC[C@@H]1CCCN1. The second-order valence-electron chi connectivity index (χ2n) is 5.40. The summed E-state index contributed by atoms with van der Waals surface area (Å²) in [6.07, 6.45) is 4.23. The van der Waals surface area contributed by atoms with Gasteiger partial charge in [-0.25, -0.2) is 13.1 Å². The third kappa shape index (κ3) is 4.69. The van der Waals surface area contributed by atoms with Gasteiger partial charge < -0.3 is 10.6 Å². The first-order valence-electron chi connectivity index (χ1n) is 7.69. The molecule has 6 heteroatoms. The van der Waals surface area contributed by atoms with Gasteiger partial charge in [-0.15, -0.1) is 0 Å². The van der Waals surface area contributed by atoms with E-state index in [0.717, 1.165) is 25.9 Å². The van der Waals surface area contributed by atoms with Gasteiger partial charge in [0, 0.05) is 19.1 Å². The number of hydrogen-bond acceptors (Lipinski definition) is 4. The summed E-state index contributed by atoms with van der Waals surface area (Å²) in [5.41, 5.74) is 0.680. The number of anilines is 1. The van der Waals surface area contributed by atoms with Crippen molar-refractivity contribution < 1.29 is 8.42 Å². The molecule has 3 N–H and O–H groups in total. The number of rotatable bonds is 8. The second kappa shape index (κ2) is 7.77. The third-order valence-electron chi connectivity index (χ3n) is 3.69. The van der Waals surface area contributed by atoms with Crippen LogP contribution >= 0.6 is 0 Å². The Morgan fingerprint density at radius 2 is 2.10 bits per heavy atom. The van der Waals surface area contributed by atoms with Crippen LogP contribution in [0.1, 0.15) is 32.6 Å². The molecule has 1 fully saturated rings. The fourth-order valence-electron chi connectivity index (χ4n) is 2.55. The van der Waals surface area contributed by atoms with Crippen LogP contribution in [-0.2, 0) is 10.0 Å². The van der Waals surface area contributed by atoms with E-state index in [1.807, 2.05) is 19.1 Å². The van der Waals surface area contributed by atoms with Crippen molar-refractivity contribution in [3.63, 3.8) is 0 Å². The van der Waals surface area contributed by atoms with Gasteiger partial charge in [-0.05, 0) is 44.4 Å². The van der Waals surface area contributed by atoms with Crippen molar-refractivity contribution in [2.45, 2.75) is 43.5 Å². The van der Waals surface area contributed by atoms with E-state index in [1.54, 1.807) is 12.1 Å². The largest absolute Gasteiger partial charge is 0.384 e. The van der Waals surface area contributed by atoms with Crippen LogP contribution < -0.4 is 15.4 Å². The minimum Gasteiger partial charge on any atom is -0.384 e. The van der Waals surface area contributed by atoms with E-state index in [-0.39, 0.29) is 0 Å². The Kier molecular flexibility index (Phi) is 6.02. The molecular formula is C15H25N3O2S. The van der Waals surface area contributed by atoms with Crippen molar-refractivity contribution in [2.24, 2.45) is 0 Å². The maximum atomic E-state index is 12.3. The smallest absolute Gasteiger partial charge is 0.242 e. The highest BCUT2D eigenvalue weighted by atomic mass is 32.2. The summed E-state index contributed by atoms with van der Waals surface area (Å²) >= 11 is 0. The van der Waals surface area contributed by atoms with Gasteiger partial charge in [0.25, 0.3) is 0 Å². The summed E-state index contributed by atoms with van der Waals surface area (Å²) in [6, 6.07) is 7.63. The first-order valence-corrected chi connectivity index (χ1v) is 9.18. The average molecular weight is 311 g/mol. The lowest BCUT2D eigenvalue weighted by Gasteiger charge is -2.15. The normalized spacial score (nSPS) is 18.8. The lowest BCUT2D eigenvalue weighted by molar-refractivity contribution is 0.573. The molecule has 0 spiro atoms. The number of benzene rings is 1.